The first kappa shape index (κ1) is 19.1. The summed E-state index contributed by atoms with van der Waals surface area (Å²) in [6.45, 7) is 4.90. The number of amides is 2. The summed E-state index contributed by atoms with van der Waals surface area (Å²) in [6.07, 6.45) is -1.04. The third-order valence-electron chi connectivity index (χ3n) is 3.73. The Morgan fingerprint density at radius 2 is 1.96 bits per heavy atom. The molecular weight excluding hydrogens is 392 g/mol. The van der Waals surface area contributed by atoms with Crippen LogP contribution in [0.2, 0.25) is 0 Å². The van der Waals surface area contributed by atoms with E-state index in [1.165, 1.54) is 6.92 Å². The summed E-state index contributed by atoms with van der Waals surface area (Å²) < 4.78 is 10.9. The van der Waals surface area contributed by atoms with Crippen LogP contribution in [0.25, 0.3) is 0 Å². The lowest BCUT2D eigenvalue weighted by atomic mass is 9.88. The Hall–Kier alpha value is -2.22. The standard InChI is InChI=1S/C17H19BrN2O5/c1-4-24-15(21)10(3)25-16(22)13-9(2)19-17(23)20-14(13)11-5-7-12(18)8-6-11/h5-8,10,13-14H,4H2,1-3H3,(H,20,23). The quantitative estimate of drug-likeness (QED) is 0.753. The summed E-state index contributed by atoms with van der Waals surface area (Å²) in [5.74, 6) is -2.09. The molecule has 1 aromatic rings. The van der Waals surface area contributed by atoms with Crippen LogP contribution in [0.3, 0.4) is 0 Å². The van der Waals surface area contributed by atoms with Crippen LogP contribution >= 0.6 is 15.9 Å². The minimum Gasteiger partial charge on any atom is -0.463 e. The number of esters is 2. The molecule has 0 saturated carbocycles. The number of halogens is 1. The van der Waals surface area contributed by atoms with Crippen LogP contribution in [-0.2, 0) is 19.1 Å². The molecule has 1 aliphatic heterocycles. The van der Waals surface area contributed by atoms with Gasteiger partial charge in [-0.25, -0.2) is 14.6 Å². The van der Waals surface area contributed by atoms with Gasteiger partial charge in [-0.1, -0.05) is 28.1 Å². The van der Waals surface area contributed by atoms with E-state index in [1.807, 2.05) is 12.1 Å². The molecule has 0 aromatic heterocycles. The van der Waals surface area contributed by atoms with Crippen LogP contribution in [0.4, 0.5) is 4.79 Å². The normalized spacial score (nSPS) is 21.0. The molecule has 2 amide bonds. The molecule has 1 N–H and O–H groups in total. The Morgan fingerprint density at radius 3 is 2.56 bits per heavy atom. The zero-order valence-corrected chi connectivity index (χ0v) is 15.7. The van der Waals surface area contributed by atoms with Gasteiger partial charge in [0.05, 0.1) is 12.6 Å². The minimum absolute atomic E-state index is 0.197. The van der Waals surface area contributed by atoms with E-state index in [0.717, 1.165) is 10.0 Å². The highest BCUT2D eigenvalue weighted by molar-refractivity contribution is 9.10. The summed E-state index contributed by atoms with van der Waals surface area (Å²) in [5.41, 5.74) is 1.06. The highest BCUT2D eigenvalue weighted by Gasteiger charge is 2.39. The first-order chi connectivity index (χ1) is 11.8. The van der Waals surface area contributed by atoms with Gasteiger partial charge in [-0.2, -0.15) is 0 Å². The van der Waals surface area contributed by atoms with Crippen molar-refractivity contribution in [3.63, 3.8) is 0 Å². The number of hydrogen-bond acceptors (Lipinski definition) is 5. The molecule has 1 heterocycles. The molecule has 0 aliphatic carbocycles. The molecule has 0 fully saturated rings. The fourth-order valence-electron chi connectivity index (χ4n) is 2.53. The molecular formula is C17H19BrN2O5. The van der Waals surface area contributed by atoms with Crippen molar-refractivity contribution in [2.75, 3.05) is 6.61 Å². The van der Waals surface area contributed by atoms with Crippen molar-refractivity contribution >= 4 is 39.6 Å². The third kappa shape index (κ3) is 4.66. The fraction of sp³-hybridized carbons (Fsp3) is 0.412. The van der Waals surface area contributed by atoms with Crippen molar-refractivity contribution in [2.24, 2.45) is 10.9 Å². The molecule has 1 aliphatic rings. The summed E-state index contributed by atoms with van der Waals surface area (Å²) in [5, 5.41) is 2.68. The SMILES string of the molecule is CCOC(=O)C(C)OC(=O)C1C(C)=NC(=O)NC1c1ccc(Br)cc1. The van der Waals surface area contributed by atoms with E-state index in [2.05, 4.69) is 26.2 Å². The van der Waals surface area contributed by atoms with E-state index in [9.17, 15) is 14.4 Å². The second-order valence-corrected chi connectivity index (χ2v) is 6.46. The number of carbonyl (C=O) groups excluding carboxylic acids is 3. The number of nitrogens with zero attached hydrogens (tertiary/aromatic N) is 1. The van der Waals surface area contributed by atoms with E-state index in [0.29, 0.717) is 5.71 Å². The van der Waals surface area contributed by atoms with Gasteiger partial charge in [0.2, 0.25) is 0 Å². The average Bonchev–Trinajstić information content (AvgIpc) is 2.54. The summed E-state index contributed by atoms with van der Waals surface area (Å²) >= 11 is 3.35. The van der Waals surface area contributed by atoms with Gasteiger partial charge >= 0.3 is 18.0 Å². The van der Waals surface area contributed by atoms with Crippen LogP contribution in [0.5, 0.6) is 0 Å². The summed E-state index contributed by atoms with van der Waals surface area (Å²) in [6, 6.07) is 6.07. The van der Waals surface area contributed by atoms with Crippen LogP contribution in [0.15, 0.2) is 33.7 Å². The number of nitrogens with one attached hydrogen (secondary N) is 1. The van der Waals surface area contributed by atoms with Crippen molar-refractivity contribution in [1.82, 2.24) is 5.32 Å². The Labute approximate surface area is 153 Å². The van der Waals surface area contributed by atoms with Gasteiger partial charge in [0.15, 0.2) is 6.10 Å². The highest BCUT2D eigenvalue weighted by atomic mass is 79.9. The molecule has 0 saturated heterocycles. The number of benzene rings is 1. The fourth-order valence-corrected chi connectivity index (χ4v) is 2.79. The second kappa shape index (κ2) is 8.24. The summed E-state index contributed by atoms with van der Waals surface area (Å²) in [7, 11) is 0. The largest absolute Gasteiger partial charge is 0.463 e. The van der Waals surface area contributed by atoms with Crippen LogP contribution < -0.4 is 5.32 Å². The van der Waals surface area contributed by atoms with Crippen molar-refractivity contribution in [3.8, 4) is 0 Å². The van der Waals surface area contributed by atoms with E-state index in [-0.39, 0.29) is 6.61 Å². The highest BCUT2D eigenvalue weighted by Crippen LogP contribution is 2.29. The number of carbonyl (C=O) groups is 3. The smallest absolute Gasteiger partial charge is 0.347 e. The maximum absolute atomic E-state index is 12.6. The minimum atomic E-state index is -1.04. The van der Waals surface area contributed by atoms with Gasteiger partial charge < -0.3 is 14.8 Å². The second-order valence-electron chi connectivity index (χ2n) is 5.54. The predicted octanol–water partition coefficient (Wildman–Crippen LogP) is 2.79. The van der Waals surface area contributed by atoms with E-state index in [1.54, 1.807) is 26.0 Å². The van der Waals surface area contributed by atoms with Crippen molar-refractivity contribution in [2.45, 2.75) is 32.9 Å². The molecule has 8 heteroatoms. The molecule has 0 bridgehead atoms. The zero-order chi connectivity index (χ0) is 18.6. The molecule has 0 spiro atoms. The Kier molecular flexibility index (Phi) is 6.30. The molecule has 134 valence electrons. The van der Waals surface area contributed by atoms with Crippen LogP contribution in [-0.4, -0.2) is 36.4 Å². The van der Waals surface area contributed by atoms with Gasteiger partial charge in [0, 0.05) is 10.2 Å². The lowest BCUT2D eigenvalue weighted by molar-refractivity contribution is -0.168. The van der Waals surface area contributed by atoms with Crippen molar-refractivity contribution < 1.29 is 23.9 Å². The lowest BCUT2D eigenvalue weighted by Gasteiger charge is -2.30. The van der Waals surface area contributed by atoms with Gasteiger partial charge in [0.1, 0.15) is 5.92 Å². The van der Waals surface area contributed by atoms with Gasteiger partial charge in [-0.3, -0.25) is 4.79 Å². The molecule has 1 aromatic carbocycles. The van der Waals surface area contributed by atoms with Gasteiger partial charge in [-0.05, 0) is 38.5 Å². The molecule has 2 rings (SSSR count). The molecule has 25 heavy (non-hydrogen) atoms. The summed E-state index contributed by atoms with van der Waals surface area (Å²) in [4.78, 5) is 39.9. The third-order valence-corrected chi connectivity index (χ3v) is 4.26. The Morgan fingerprint density at radius 1 is 1.32 bits per heavy atom. The Balaban J connectivity index is 2.25. The van der Waals surface area contributed by atoms with E-state index < -0.39 is 36.0 Å². The number of rotatable bonds is 5. The van der Waals surface area contributed by atoms with Crippen molar-refractivity contribution in [3.05, 3.63) is 34.3 Å². The maximum Gasteiger partial charge on any atom is 0.347 e. The van der Waals surface area contributed by atoms with E-state index >= 15 is 0 Å². The van der Waals surface area contributed by atoms with Gasteiger partial charge in [-0.15, -0.1) is 0 Å². The number of hydrogen-bond donors (Lipinski definition) is 1. The molecule has 0 radical (unpaired) electrons. The van der Waals surface area contributed by atoms with Crippen molar-refractivity contribution in [1.29, 1.82) is 0 Å². The monoisotopic (exact) mass is 410 g/mol. The number of aliphatic imine (C=N–C) groups is 1. The lowest BCUT2D eigenvalue weighted by Crippen LogP contribution is -2.45. The van der Waals surface area contributed by atoms with Crippen LogP contribution in [0.1, 0.15) is 32.4 Å². The topological polar surface area (TPSA) is 94.1 Å². The van der Waals surface area contributed by atoms with Crippen LogP contribution in [0, 0.1) is 5.92 Å². The molecule has 7 nitrogen and oxygen atoms in total. The van der Waals surface area contributed by atoms with E-state index in [4.69, 9.17) is 9.47 Å². The zero-order valence-electron chi connectivity index (χ0n) is 14.1. The van der Waals surface area contributed by atoms with Gasteiger partial charge in [0.25, 0.3) is 0 Å². The average molecular weight is 411 g/mol. The maximum atomic E-state index is 12.6. The molecule has 3 unspecified atom stereocenters. The number of urea groups is 1. The molecule has 3 atom stereocenters. The Bertz CT molecular complexity index is 701. The predicted molar refractivity (Wildman–Crippen MR) is 94.2 cm³/mol. The number of ether oxygens (including phenoxy) is 2. The first-order valence-corrected chi connectivity index (χ1v) is 8.61. The first-order valence-electron chi connectivity index (χ1n) is 7.81.